The molecule has 1 aromatic rings. The monoisotopic (exact) mass is 466 g/mol. The minimum absolute atomic E-state index is 0.0409. The van der Waals surface area contributed by atoms with Crippen LogP contribution < -0.4 is 0 Å². The highest BCUT2D eigenvalue weighted by Gasteiger charge is 2.53. The molecule has 25 heavy (non-hydrogen) atoms. The minimum atomic E-state index is -3.05. The fourth-order valence-electron chi connectivity index (χ4n) is 4.91. The molecule has 4 rings (SSSR count). The molecule has 0 bridgehead atoms. The average Bonchev–Trinajstić information content (AvgIpc) is 2.88. The second kappa shape index (κ2) is 7.00. The van der Waals surface area contributed by atoms with Gasteiger partial charge in [-0.25, -0.2) is 13.2 Å². The second-order valence-electron chi connectivity index (χ2n) is 7.58. The van der Waals surface area contributed by atoms with Gasteiger partial charge in [0, 0.05) is 11.8 Å². The lowest BCUT2D eigenvalue weighted by Crippen LogP contribution is -2.37. The summed E-state index contributed by atoms with van der Waals surface area (Å²) in [5, 5.41) is 0. The Morgan fingerprint density at radius 2 is 1.60 bits per heavy atom. The smallest absolute Gasteiger partial charge is 0.279 e. The maximum absolute atomic E-state index is 14.9. The molecule has 1 saturated heterocycles. The summed E-state index contributed by atoms with van der Waals surface area (Å²) in [5.74, 6) is -3.77. The van der Waals surface area contributed by atoms with Crippen molar-refractivity contribution in [3.05, 3.63) is 35.1 Å². The van der Waals surface area contributed by atoms with Gasteiger partial charge in [-0.1, -0.05) is 12.1 Å². The van der Waals surface area contributed by atoms with Crippen molar-refractivity contribution >= 4 is 22.6 Å². The van der Waals surface area contributed by atoms with E-state index in [-0.39, 0.29) is 15.8 Å². The highest BCUT2D eigenvalue weighted by atomic mass is 127. The van der Waals surface area contributed by atoms with Gasteiger partial charge >= 0.3 is 0 Å². The summed E-state index contributed by atoms with van der Waals surface area (Å²) >= 11 is 2.11. The maximum Gasteiger partial charge on any atom is 0.279 e. The van der Waals surface area contributed by atoms with Crippen LogP contribution in [0.2, 0.25) is 0 Å². The van der Waals surface area contributed by atoms with Crippen LogP contribution in [0.5, 0.6) is 0 Å². The first-order valence-corrected chi connectivity index (χ1v) is 10.2. The Bertz CT molecular complexity index is 623. The van der Waals surface area contributed by atoms with E-state index in [1.54, 1.807) is 6.07 Å². The Labute approximate surface area is 159 Å². The number of alkyl halides is 3. The molecule has 138 valence electrons. The zero-order chi connectivity index (χ0) is 17.6. The van der Waals surface area contributed by atoms with E-state index in [9.17, 15) is 13.2 Å². The van der Waals surface area contributed by atoms with E-state index >= 15 is 0 Å². The van der Waals surface area contributed by atoms with Crippen LogP contribution in [0.3, 0.4) is 0 Å². The van der Waals surface area contributed by atoms with Gasteiger partial charge in [0.05, 0.1) is 18.8 Å². The first kappa shape index (κ1) is 18.0. The van der Waals surface area contributed by atoms with Crippen molar-refractivity contribution in [3.63, 3.8) is 0 Å². The summed E-state index contributed by atoms with van der Waals surface area (Å²) in [6.07, 6.45) is 3.72. The molecular formula is C19H22F3IO2. The molecule has 6 heteroatoms. The van der Waals surface area contributed by atoms with Crippen molar-refractivity contribution in [2.45, 2.75) is 42.3 Å². The molecule has 0 N–H and O–H groups in total. The molecule has 3 aliphatic rings. The SMILES string of the molecule is Fc1cccc2c1C(F)(F)C(C1CCC(C3COC(I)OC3)CC1)C2. The zero-order valence-electron chi connectivity index (χ0n) is 13.9. The first-order chi connectivity index (χ1) is 12.0. The van der Waals surface area contributed by atoms with Crippen molar-refractivity contribution in [3.8, 4) is 0 Å². The van der Waals surface area contributed by atoms with Gasteiger partial charge in [0.1, 0.15) is 5.82 Å². The van der Waals surface area contributed by atoms with Crippen LogP contribution in [0, 0.1) is 29.5 Å². The van der Waals surface area contributed by atoms with Crippen LogP contribution in [0.1, 0.15) is 36.8 Å². The van der Waals surface area contributed by atoms with Crippen LogP contribution in [-0.2, 0) is 21.8 Å². The maximum atomic E-state index is 14.9. The van der Waals surface area contributed by atoms with Gasteiger partial charge in [0.2, 0.25) is 4.30 Å². The first-order valence-electron chi connectivity index (χ1n) is 8.99. The third kappa shape index (κ3) is 3.34. The Morgan fingerprint density at radius 1 is 0.960 bits per heavy atom. The third-order valence-electron chi connectivity index (χ3n) is 6.27. The summed E-state index contributed by atoms with van der Waals surface area (Å²) in [4.78, 5) is 0. The number of halogens is 4. The van der Waals surface area contributed by atoms with Crippen molar-refractivity contribution in [2.24, 2.45) is 23.7 Å². The third-order valence-corrected chi connectivity index (χ3v) is 6.99. The lowest BCUT2D eigenvalue weighted by molar-refractivity contribution is -0.155. The summed E-state index contributed by atoms with van der Waals surface area (Å²) in [7, 11) is 0. The molecule has 1 aliphatic heterocycles. The Morgan fingerprint density at radius 3 is 2.24 bits per heavy atom. The number of fused-ring (bicyclic) bond motifs is 1. The fourth-order valence-corrected chi connectivity index (χ4v) is 5.33. The summed E-state index contributed by atoms with van der Waals surface area (Å²) in [5.41, 5.74) is 0.128. The van der Waals surface area contributed by atoms with Gasteiger partial charge in [-0.2, -0.15) is 0 Å². The van der Waals surface area contributed by atoms with Crippen molar-refractivity contribution in [2.75, 3.05) is 13.2 Å². The molecule has 2 fully saturated rings. The molecule has 0 radical (unpaired) electrons. The molecular weight excluding hydrogens is 444 g/mol. The van der Waals surface area contributed by atoms with E-state index in [2.05, 4.69) is 22.6 Å². The molecule has 1 unspecified atom stereocenters. The normalized spacial score (nSPS) is 37.7. The molecule has 2 aliphatic carbocycles. The molecule has 0 spiro atoms. The molecule has 1 saturated carbocycles. The predicted molar refractivity (Wildman–Crippen MR) is 96.1 cm³/mol. The molecule has 0 aromatic heterocycles. The van der Waals surface area contributed by atoms with Crippen LogP contribution in [0.25, 0.3) is 0 Å². The fraction of sp³-hybridized carbons (Fsp3) is 0.684. The van der Waals surface area contributed by atoms with Crippen LogP contribution >= 0.6 is 22.6 Å². The van der Waals surface area contributed by atoms with Gasteiger partial charge in [0.25, 0.3) is 5.92 Å². The standard InChI is InChI=1S/C19H22F3IO2/c20-16-3-1-2-13-8-15(19(21,22)17(13)16)12-6-4-11(5-7-12)14-9-24-18(23)25-10-14/h1-3,11-12,14-15,18H,4-10H2. The lowest BCUT2D eigenvalue weighted by atomic mass is 9.70. The number of rotatable bonds is 2. The Kier molecular flexibility index (Phi) is 5.05. The number of ether oxygens (including phenoxy) is 2. The van der Waals surface area contributed by atoms with Crippen molar-refractivity contribution < 1.29 is 22.6 Å². The summed E-state index contributed by atoms with van der Waals surface area (Å²) in [6.45, 7) is 1.39. The topological polar surface area (TPSA) is 18.5 Å². The van der Waals surface area contributed by atoms with E-state index in [0.717, 1.165) is 31.7 Å². The molecule has 2 nitrogen and oxygen atoms in total. The van der Waals surface area contributed by atoms with Gasteiger partial charge < -0.3 is 9.47 Å². The molecule has 1 heterocycles. The van der Waals surface area contributed by atoms with Crippen LogP contribution in [-0.4, -0.2) is 17.5 Å². The van der Waals surface area contributed by atoms with Gasteiger partial charge in [-0.3, -0.25) is 0 Å². The van der Waals surface area contributed by atoms with E-state index in [1.165, 1.54) is 6.07 Å². The second-order valence-corrected chi connectivity index (χ2v) is 8.60. The van der Waals surface area contributed by atoms with E-state index in [0.29, 0.717) is 37.0 Å². The molecule has 1 atom stereocenters. The zero-order valence-corrected chi connectivity index (χ0v) is 16.1. The van der Waals surface area contributed by atoms with Crippen LogP contribution in [0.4, 0.5) is 13.2 Å². The Balaban J connectivity index is 1.41. The van der Waals surface area contributed by atoms with E-state index < -0.39 is 17.7 Å². The Hall–Kier alpha value is -0.340. The quantitative estimate of drug-likeness (QED) is 0.437. The van der Waals surface area contributed by atoms with E-state index in [4.69, 9.17) is 9.47 Å². The van der Waals surface area contributed by atoms with Gasteiger partial charge in [0.15, 0.2) is 0 Å². The highest BCUT2D eigenvalue weighted by Crippen LogP contribution is 2.53. The highest BCUT2D eigenvalue weighted by molar-refractivity contribution is 14.1. The molecule has 1 aromatic carbocycles. The average molecular weight is 466 g/mol. The van der Waals surface area contributed by atoms with Crippen molar-refractivity contribution in [1.82, 2.24) is 0 Å². The lowest BCUT2D eigenvalue weighted by Gasteiger charge is -2.39. The number of hydrogen-bond acceptors (Lipinski definition) is 2. The largest absolute Gasteiger partial charge is 0.344 e. The van der Waals surface area contributed by atoms with Gasteiger partial charge in [-0.05, 0) is 78.2 Å². The summed E-state index contributed by atoms with van der Waals surface area (Å²) in [6, 6.07) is 4.33. The predicted octanol–water partition coefficient (Wildman–Crippen LogP) is 5.28. The molecule has 0 amide bonds. The van der Waals surface area contributed by atoms with Gasteiger partial charge in [-0.15, -0.1) is 0 Å². The van der Waals surface area contributed by atoms with Crippen LogP contribution in [0.15, 0.2) is 18.2 Å². The van der Waals surface area contributed by atoms with Crippen molar-refractivity contribution in [1.29, 1.82) is 0 Å². The summed E-state index contributed by atoms with van der Waals surface area (Å²) < 4.78 is 54.6. The minimum Gasteiger partial charge on any atom is -0.344 e. The number of benzene rings is 1. The number of hydrogen-bond donors (Lipinski definition) is 0. The van der Waals surface area contributed by atoms with E-state index in [1.807, 2.05) is 0 Å².